The van der Waals surface area contributed by atoms with Crippen molar-refractivity contribution in [3.63, 3.8) is 0 Å². The quantitative estimate of drug-likeness (QED) is 0.108. The second kappa shape index (κ2) is 18.1. The van der Waals surface area contributed by atoms with Crippen LogP contribution < -0.4 is 21.3 Å². The smallest absolute Gasteiger partial charge is 0.408 e. The number of nitrogens with zero attached hydrogens (tertiary/aromatic N) is 1. The highest BCUT2D eigenvalue weighted by atomic mass is 32.2. The molecule has 16 nitrogen and oxygen atoms in total. The molecule has 1 aliphatic rings. The Morgan fingerprint density at radius 2 is 1.62 bits per heavy atom. The number of carboxylic acids is 2. The van der Waals surface area contributed by atoms with Crippen LogP contribution in [0.2, 0.25) is 0 Å². The molecule has 0 radical (unpaired) electrons. The first-order valence-electron chi connectivity index (χ1n) is 17.0. The van der Waals surface area contributed by atoms with Gasteiger partial charge in [0, 0.05) is 23.1 Å². The number of nitrogens with one attached hydrogen (secondary N) is 4. The first-order valence-corrected chi connectivity index (χ1v) is 18.9. The van der Waals surface area contributed by atoms with Gasteiger partial charge in [-0.2, -0.15) is 0 Å². The fourth-order valence-corrected chi connectivity index (χ4v) is 5.89. The van der Waals surface area contributed by atoms with Crippen LogP contribution in [0.1, 0.15) is 37.9 Å². The van der Waals surface area contributed by atoms with Crippen molar-refractivity contribution in [2.75, 3.05) is 6.26 Å². The van der Waals surface area contributed by atoms with Crippen LogP contribution in [0.5, 0.6) is 0 Å². The maximum Gasteiger partial charge on any atom is 0.408 e. The number of hydrogen-bond donors (Lipinski definition) is 6. The Balaban J connectivity index is 1.59. The van der Waals surface area contributed by atoms with Gasteiger partial charge in [0.25, 0.3) is 0 Å². The van der Waals surface area contributed by atoms with Crippen molar-refractivity contribution in [1.82, 2.24) is 26.3 Å². The van der Waals surface area contributed by atoms with Gasteiger partial charge in [-0.15, -0.1) is 5.73 Å². The zero-order valence-electron chi connectivity index (χ0n) is 30.1. The molecule has 4 amide bonds. The molecule has 6 N–H and O–H groups in total. The summed E-state index contributed by atoms with van der Waals surface area (Å²) in [5, 5.41) is 30.5. The van der Waals surface area contributed by atoms with Crippen LogP contribution in [0, 0.1) is 11.8 Å². The molecule has 1 aliphatic carbocycles. The Bertz CT molecular complexity index is 2150. The SMILES string of the molecule is CC(C)[C@H](NC(=O)C(C=C=Cc1ccc2ccccc2n1)NC(=O)[C@H](CC(=O)O)NC(=O)OCc1ccccc1)C(=O)N[C@]1(/C=C/S(C)(=O)=O)CC1C(=O)O. The second-order valence-electron chi connectivity index (χ2n) is 13.2. The Morgan fingerprint density at radius 1 is 0.927 bits per heavy atom. The van der Waals surface area contributed by atoms with Crippen LogP contribution >= 0.6 is 0 Å². The Kier molecular flexibility index (Phi) is 13.7. The van der Waals surface area contributed by atoms with Gasteiger partial charge in [0.1, 0.15) is 24.7 Å². The molecule has 4 rings (SSSR count). The summed E-state index contributed by atoms with van der Waals surface area (Å²) in [6.45, 7) is 3.01. The highest BCUT2D eigenvalue weighted by Gasteiger charge is 2.58. The highest BCUT2D eigenvalue weighted by molar-refractivity contribution is 7.93. The molecular formula is C38H41N5O11S. The Morgan fingerprint density at radius 3 is 2.25 bits per heavy atom. The lowest BCUT2D eigenvalue weighted by molar-refractivity contribution is -0.140. The molecule has 1 saturated carbocycles. The molecule has 5 atom stereocenters. The maximum atomic E-state index is 13.8. The highest BCUT2D eigenvalue weighted by Crippen LogP contribution is 2.45. The number of rotatable bonds is 17. The van der Waals surface area contributed by atoms with Crippen molar-refractivity contribution in [2.45, 2.75) is 57.0 Å². The van der Waals surface area contributed by atoms with E-state index in [1.54, 1.807) is 56.3 Å². The largest absolute Gasteiger partial charge is 0.481 e. The molecular weight excluding hydrogens is 735 g/mol. The van der Waals surface area contributed by atoms with Crippen LogP contribution in [-0.4, -0.2) is 89.3 Å². The van der Waals surface area contributed by atoms with E-state index >= 15 is 0 Å². The standard InChI is InChI=1S/C38H41N5O11S/c1-23(2)32(35(48)43-38(18-19-55(3,52)53)21-27(38)36(49)50)42-33(46)29(15-9-13-26-17-16-25-12-7-8-14-28(25)39-26)40-34(47)30(20-31(44)45)41-37(51)54-22-24-10-5-4-6-11-24/h4-8,10-19,23,27,29-30,32H,20-22H2,1-3H3,(H,40,47)(H,41,51)(H,42,46)(H,43,48)(H,44,45)(H,49,50)/b19-18+/t9?,27?,29?,30-,32-,38+/m0/s1. The predicted octanol–water partition coefficient (Wildman–Crippen LogP) is 2.32. The van der Waals surface area contributed by atoms with Crippen molar-refractivity contribution in [1.29, 1.82) is 0 Å². The third-order valence-corrected chi connectivity index (χ3v) is 9.04. The lowest BCUT2D eigenvalue weighted by atomic mass is 10.0. The molecule has 1 heterocycles. The first kappa shape index (κ1) is 41.4. The molecule has 55 heavy (non-hydrogen) atoms. The number of amides is 4. The summed E-state index contributed by atoms with van der Waals surface area (Å²) in [4.78, 5) is 81.5. The monoisotopic (exact) mass is 775 g/mol. The molecule has 0 bridgehead atoms. The lowest BCUT2D eigenvalue weighted by Gasteiger charge is -2.26. The van der Waals surface area contributed by atoms with Gasteiger partial charge in [-0.05, 0) is 42.2 Å². The minimum Gasteiger partial charge on any atom is -0.481 e. The molecule has 0 aliphatic heterocycles. The van der Waals surface area contributed by atoms with Gasteiger partial charge in [-0.3, -0.25) is 24.0 Å². The van der Waals surface area contributed by atoms with E-state index in [1.807, 2.05) is 24.3 Å². The van der Waals surface area contributed by atoms with Gasteiger partial charge in [-0.25, -0.2) is 18.2 Å². The number of aliphatic carboxylic acids is 2. The third-order valence-electron chi connectivity index (χ3n) is 8.41. The van der Waals surface area contributed by atoms with Crippen molar-refractivity contribution in [3.05, 3.63) is 101 Å². The number of para-hydroxylation sites is 1. The van der Waals surface area contributed by atoms with Crippen LogP contribution in [0.3, 0.4) is 0 Å². The minimum absolute atomic E-state index is 0.0976. The molecule has 1 fully saturated rings. The number of fused-ring (bicyclic) bond motifs is 1. The summed E-state index contributed by atoms with van der Waals surface area (Å²) in [6, 6.07) is 14.8. The summed E-state index contributed by atoms with van der Waals surface area (Å²) in [5.41, 5.74) is 3.01. The molecule has 2 unspecified atom stereocenters. The zero-order chi connectivity index (χ0) is 40.3. The molecule has 0 spiro atoms. The van der Waals surface area contributed by atoms with Crippen molar-refractivity contribution < 1.29 is 52.1 Å². The van der Waals surface area contributed by atoms with Gasteiger partial charge in [0.15, 0.2) is 9.84 Å². The number of carboxylic acid groups (broad SMARTS) is 2. The number of aromatic nitrogens is 1. The predicted molar refractivity (Wildman–Crippen MR) is 199 cm³/mol. The summed E-state index contributed by atoms with van der Waals surface area (Å²) in [7, 11) is -3.68. The molecule has 3 aromatic rings. The van der Waals surface area contributed by atoms with Crippen molar-refractivity contribution in [3.8, 4) is 0 Å². The van der Waals surface area contributed by atoms with Crippen LogP contribution in [0.4, 0.5) is 4.79 Å². The fraction of sp³-hybridized carbons (Fsp3) is 0.316. The zero-order valence-corrected chi connectivity index (χ0v) is 30.9. The van der Waals surface area contributed by atoms with E-state index in [-0.39, 0.29) is 13.0 Å². The molecule has 1 aromatic heterocycles. The van der Waals surface area contributed by atoms with Crippen molar-refractivity contribution in [2.24, 2.45) is 11.8 Å². The average Bonchev–Trinajstić information content (AvgIpc) is 3.85. The molecule has 2 aromatic carbocycles. The van der Waals surface area contributed by atoms with Crippen LogP contribution in [0.15, 0.2) is 90.0 Å². The van der Waals surface area contributed by atoms with Gasteiger partial charge < -0.3 is 36.2 Å². The van der Waals surface area contributed by atoms with Gasteiger partial charge in [-0.1, -0.05) is 68.4 Å². The average molecular weight is 776 g/mol. The number of hydrogen-bond acceptors (Lipinski definition) is 10. The van der Waals surface area contributed by atoms with E-state index in [0.29, 0.717) is 16.8 Å². The maximum absolute atomic E-state index is 13.8. The van der Waals surface area contributed by atoms with Crippen LogP contribution in [0.25, 0.3) is 17.0 Å². The Hall–Kier alpha value is -6.32. The van der Waals surface area contributed by atoms with E-state index in [1.165, 1.54) is 6.08 Å². The summed E-state index contributed by atoms with van der Waals surface area (Å²) in [5.74, 6) is -7.32. The number of benzene rings is 2. The Labute approximate surface area is 316 Å². The van der Waals surface area contributed by atoms with E-state index in [4.69, 9.17) is 4.74 Å². The number of carbonyl (C=O) groups is 6. The lowest BCUT2D eigenvalue weighted by Crippen LogP contribution is -2.58. The number of pyridine rings is 1. The number of ether oxygens (including phenoxy) is 1. The third kappa shape index (κ3) is 12.4. The number of sulfone groups is 1. The number of carbonyl (C=O) groups excluding carboxylic acids is 4. The molecule has 0 saturated heterocycles. The summed E-state index contributed by atoms with van der Waals surface area (Å²) in [6.07, 6.45) is 2.49. The van der Waals surface area contributed by atoms with E-state index in [2.05, 4.69) is 32.0 Å². The number of alkyl carbamates (subject to hydrolysis) is 1. The van der Waals surface area contributed by atoms with E-state index in [9.17, 15) is 47.4 Å². The summed E-state index contributed by atoms with van der Waals surface area (Å²) >= 11 is 0. The summed E-state index contributed by atoms with van der Waals surface area (Å²) < 4.78 is 28.7. The molecule has 290 valence electrons. The normalized spacial score (nSPS) is 17.9. The minimum atomic E-state index is -3.68. The van der Waals surface area contributed by atoms with Crippen LogP contribution in [-0.2, 0) is 45.2 Å². The van der Waals surface area contributed by atoms with Crippen molar-refractivity contribution >= 4 is 62.6 Å². The fourth-order valence-electron chi connectivity index (χ4n) is 5.40. The van der Waals surface area contributed by atoms with Gasteiger partial charge >= 0.3 is 18.0 Å². The molecule has 17 heteroatoms. The van der Waals surface area contributed by atoms with Gasteiger partial charge in [0.2, 0.25) is 17.7 Å². The topological polar surface area (TPSA) is 247 Å². The first-order chi connectivity index (χ1) is 26.0. The van der Waals surface area contributed by atoms with Gasteiger partial charge in [0.05, 0.1) is 29.1 Å². The van der Waals surface area contributed by atoms with E-state index in [0.717, 1.165) is 29.2 Å². The second-order valence-corrected chi connectivity index (χ2v) is 15.2. The van der Waals surface area contributed by atoms with E-state index < -0.39 is 87.5 Å².